The van der Waals surface area contributed by atoms with Crippen molar-refractivity contribution in [1.82, 2.24) is 10.2 Å². The Hall–Kier alpha value is -3.42. The number of amides is 1. The number of ether oxygens (including phenoxy) is 1. The van der Waals surface area contributed by atoms with Crippen LogP contribution in [-0.4, -0.2) is 28.1 Å². The van der Waals surface area contributed by atoms with E-state index in [4.69, 9.17) is 4.74 Å². The van der Waals surface area contributed by atoms with Crippen LogP contribution < -0.4 is 10.1 Å². The zero-order valence-electron chi connectivity index (χ0n) is 12.1. The van der Waals surface area contributed by atoms with Gasteiger partial charge in [-0.05, 0) is 18.2 Å². The first-order valence-corrected chi connectivity index (χ1v) is 6.67. The number of hydrogen-bond donors (Lipinski definition) is 2. The van der Waals surface area contributed by atoms with Crippen molar-refractivity contribution in [2.24, 2.45) is 0 Å². The maximum atomic E-state index is 12.4. The second kappa shape index (κ2) is 5.76. The van der Waals surface area contributed by atoms with E-state index in [1.807, 2.05) is 0 Å². The van der Waals surface area contributed by atoms with Gasteiger partial charge in [0, 0.05) is 17.5 Å². The minimum absolute atomic E-state index is 0.0783. The summed E-state index contributed by atoms with van der Waals surface area (Å²) in [5.74, 6) is 0.0212. The predicted octanol–water partition coefficient (Wildman–Crippen LogP) is 2.73. The lowest BCUT2D eigenvalue weighted by atomic mass is 10.2. The largest absolute Gasteiger partial charge is 0.495 e. The molecule has 0 saturated heterocycles. The summed E-state index contributed by atoms with van der Waals surface area (Å²) in [4.78, 5) is 22.8. The van der Waals surface area contributed by atoms with Gasteiger partial charge in [-0.15, -0.1) is 0 Å². The van der Waals surface area contributed by atoms with Gasteiger partial charge in [0.25, 0.3) is 11.6 Å². The Labute approximate surface area is 130 Å². The number of aromatic nitrogens is 2. The molecule has 0 unspecified atom stereocenters. The van der Waals surface area contributed by atoms with Gasteiger partial charge in [-0.1, -0.05) is 12.1 Å². The lowest BCUT2D eigenvalue weighted by Gasteiger charge is -2.08. The Morgan fingerprint density at radius 3 is 2.83 bits per heavy atom. The van der Waals surface area contributed by atoms with Crippen molar-refractivity contribution in [1.29, 1.82) is 0 Å². The van der Waals surface area contributed by atoms with Crippen molar-refractivity contribution in [3.8, 4) is 5.75 Å². The molecule has 2 aromatic carbocycles. The molecular formula is C15H12N4O4. The average Bonchev–Trinajstić information content (AvgIpc) is 2.98. The van der Waals surface area contributed by atoms with E-state index in [1.54, 1.807) is 24.3 Å². The summed E-state index contributed by atoms with van der Waals surface area (Å²) in [5, 5.41) is 20.6. The van der Waals surface area contributed by atoms with E-state index in [2.05, 4.69) is 15.5 Å². The molecule has 0 aliphatic carbocycles. The van der Waals surface area contributed by atoms with Crippen LogP contribution >= 0.6 is 0 Å². The Morgan fingerprint density at radius 1 is 1.30 bits per heavy atom. The van der Waals surface area contributed by atoms with E-state index in [0.29, 0.717) is 22.3 Å². The zero-order valence-corrected chi connectivity index (χ0v) is 12.1. The number of methoxy groups -OCH3 is 1. The third-order valence-electron chi connectivity index (χ3n) is 3.33. The molecular weight excluding hydrogens is 300 g/mol. The fourth-order valence-electron chi connectivity index (χ4n) is 2.22. The standard InChI is InChI=1S/C15H12N4O4/c1-23-13-5-3-2-4-12(13)16-15(20)14-10-8-9(19(21)22)6-7-11(10)17-18-14/h2-8H,1H3,(H,16,20)(H,17,18). The molecule has 0 atom stereocenters. The monoisotopic (exact) mass is 312 g/mol. The number of non-ortho nitro benzene ring substituents is 1. The SMILES string of the molecule is COc1ccccc1NC(=O)c1n[nH]c2ccc([N+](=O)[O-])cc12. The second-order valence-electron chi connectivity index (χ2n) is 4.71. The maximum Gasteiger partial charge on any atom is 0.276 e. The number of carbonyl (C=O) groups is 1. The van der Waals surface area contributed by atoms with Crippen molar-refractivity contribution >= 4 is 28.2 Å². The van der Waals surface area contributed by atoms with E-state index < -0.39 is 10.8 Å². The summed E-state index contributed by atoms with van der Waals surface area (Å²) in [5.41, 5.74) is 1.00. The number of benzene rings is 2. The van der Waals surface area contributed by atoms with Gasteiger partial charge in [-0.2, -0.15) is 5.10 Å². The number of anilines is 1. The molecule has 8 nitrogen and oxygen atoms in total. The van der Waals surface area contributed by atoms with Crippen molar-refractivity contribution < 1.29 is 14.5 Å². The number of para-hydroxylation sites is 2. The number of rotatable bonds is 4. The van der Waals surface area contributed by atoms with Gasteiger partial charge in [-0.3, -0.25) is 20.0 Å². The summed E-state index contributed by atoms with van der Waals surface area (Å²) in [6.45, 7) is 0. The van der Waals surface area contributed by atoms with E-state index >= 15 is 0 Å². The molecule has 0 fully saturated rings. The Bertz CT molecular complexity index is 903. The van der Waals surface area contributed by atoms with Crippen molar-refractivity contribution in [3.63, 3.8) is 0 Å². The highest BCUT2D eigenvalue weighted by Crippen LogP contribution is 2.26. The van der Waals surface area contributed by atoms with Gasteiger partial charge >= 0.3 is 0 Å². The van der Waals surface area contributed by atoms with Gasteiger partial charge in [0.1, 0.15) is 5.75 Å². The highest BCUT2D eigenvalue weighted by molar-refractivity contribution is 6.11. The zero-order chi connectivity index (χ0) is 16.4. The lowest BCUT2D eigenvalue weighted by molar-refractivity contribution is -0.384. The van der Waals surface area contributed by atoms with Crippen LogP contribution in [0.4, 0.5) is 11.4 Å². The summed E-state index contributed by atoms with van der Waals surface area (Å²) in [6, 6.07) is 11.1. The van der Waals surface area contributed by atoms with Crippen LogP contribution in [-0.2, 0) is 0 Å². The number of nitrogens with one attached hydrogen (secondary N) is 2. The number of fused-ring (bicyclic) bond motifs is 1. The third-order valence-corrected chi connectivity index (χ3v) is 3.33. The van der Waals surface area contributed by atoms with Crippen LogP contribution in [0, 0.1) is 10.1 Å². The van der Waals surface area contributed by atoms with Crippen molar-refractivity contribution in [3.05, 3.63) is 58.3 Å². The molecule has 1 aromatic heterocycles. The molecule has 116 valence electrons. The molecule has 0 aliphatic heterocycles. The van der Waals surface area contributed by atoms with Crippen molar-refractivity contribution in [2.75, 3.05) is 12.4 Å². The summed E-state index contributed by atoms with van der Waals surface area (Å²) in [6.07, 6.45) is 0. The minimum Gasteiger partial charge on any atom is -0.495 e. The normalized spacial score (nSPS) is 10.5. The topological polar surface area (TPSA) is 110 Å². The average molecular weight is 312 g/mol. The highest BCUT2D eigenvalue weighted by atomic mass is 16.6. The van der Waals surface area contributed by atoms with Crippen molar-refractivity contribution in [2.45, 2.75) is 0 Å². The first kappa shape index (κ1) is 14.5. The molecule has 23 heavy (non-hydrogen) atoms. The Morgan fingerprint density at radius 2 is 2.09 bits per heavy atom. The molecule has 2 N–H and O–H groups in total. The molecule has 8 heteroatoms. The third kappa shape index (κ3) is 2.69. The number of aromatic amines is 1. The quantitative estimate of drug-likeness (QED) is 0.568. The first-order chi connectivity index (χ1) is 11.1. The van der Waals surface area contributed by atoms with Gasteiger partial charge < -0.3 is 10.1 Å². The maximum absolute atomic E-state index is 12.4. The molecule has 3 aromatic rings. The smallest absolute Gasteiger partial charge is 0.276 e. The van der Waals surface area contributed by atoms with Crippen LogP contribution in [0.15, 0.2) is 42.5 Å². The summed E-state index contributed by atoms with van der Waals surface area (Å²) >= 11 is 0. The first-order valence-electron chi connectivity index (χ1n) is 6.67. The van der Waals surface area contributed by atoms with E-state index in [-0.39, 0.29) is 11.4 Å². The van der Waals surface area contributed by atoms with Crippen LogP contribution in [0.3, 0.4) is 0 Å². The molecule has 0 radical (unpaired) electrons. The summed E-state index contributed by atoms with van der Waals surface area (Å²) < 4.78 is 5.17. The van der Waals surface area contributed by atoms with Gasteiger partial charge in [0.05, 0.1) is 23.2 Å². The highest BCUT2D eigenvalue weighted by Gasteiger charge is 2.18. The fourth-order valence-corrected chi connectivity index (χ4v) is 2.22. The number of carbonyl (C=O) groups excluding carboxylic acids is 1. The number of nitro groups is 1. The molecule has 1 heterocycles. The molecule has 0 saturated carbocycles. The van der Waals surface area contributed by atoms with Crippen LogP contribution in [0.5, 0.6) is 5.75 Å². The lowest BCUT2D eigenvalue weighted by Crippen LogP contribution is -2.13. The minimum atomic E-state index is -0.519. The molecule has 1 amide bonds. The molecule has 0 spiro atoms. The van der Waals surface area contributed by atoms with Gasteiger partial charge in [0.15, 0.2) is 5.69 Å². The summed E-state index contributed by atoms with van der Waals surface area (Å²) in [7, 11) is 1.50. The second-order valence-corrected chi connectivity index (χ2v) is 4.71. The van der Waals surface area contributed by atoms with E-state index in [9.17, 15) is 14.9 Å². The Kier molecular flexibility index (Phi) is 3.63. The van der Waals surface area contributed by atoms with Crippen LogP contribution in [0.1, 0.15) is 10.5 Å². The Balaban J connectivity index is 1.97. The van der Waals surface area contributed by atoms with Crippen LogP contribution in [0.2, 0.25) is 0 Å². The van der Waals surface area contributed by atoms with E-state index in [1.165, 1.54) is 25.3 Å². The van der Waals surface area contributed by atoms with Crippen LogP contribution in [0.25, 0.3) is 10.9 Å². The predicted molar refractivity (Wildman–Crippen MR) is 83.7 cm³/mol. The number of hydrogen-bond acceptors (Lipinski definition) is 5. The molecule has 0 aliphatic rings. The number of H-pyrrole nitrogens is 1. The number of nitro benzene ring substituents is 1. The fraction of sp³-hybridized carbons (Fsp3) is 0.0667. The molecule has 3 rings (SSSR count). The van der Waals surface area contributed by atoms with Gasteiger partial charge in [-0.25, -0.2) is 0 Å². The van der Waals surface area contributed by atoms with Gasteiger partial charge in [0.2, 0.25) is 0 Å². The number of nitrogens with zero attached hydrogens (tertiary/aromatic N) is 2. The molecule has 0 bridgehead atoms. The van der Waals surface area contributed by atoms with E-state index in [0.717, 1.165) is 0 Å².